The molecule has 0 saturated carbocycles. The second kappa shape index (κ2) is 4.57. The van der Waals surface area contributed by atoms with Gasteiger partial charge in [0, 0.05) is 6.54 Å². The van der Waals surface area contributed by atoms with Gasteiger partial charge in [-0.05, 0) is 18.1 Å². The van der Waals surface area contributed by atoms with Gasteiger partial charge in [-0.15, -0.1) is 0 Å². The van der Waals surface area contributed by atoms with E-state index < -0.39 is 5.66 Å². The Hall–Kier alpha value is -2.87. The first-order chi connectivity index (χ1) is 10.7. The monoisotopic (exact) mass is 296 g/mol. The smallest absolute Gasteiger partial charge is 0.329 e. The summed E-state index contributed by atoms with van der Waals surface area (Å²) in [5.41, 5.74) is 0.951. The van der Waals surface area contributed by atoms with Gasteiger partial charge in [0.2, 0.25) is 5.82 Å². The van der Waals surface area contributed by atoms with Gasteiger partial charge in [0.15, 0.2) is 5.65 Å². The van der Waals surface area contributed by atoms with Crippen molar-refractivity contribution >= 4 is 11.2 Å². The van der Waals surface area contributed by atoms with Gasteiger partial charge in [0.25, 0.3) is 0 Å². The number of imidazole rings is 1. The molecule has 3 heterocycles. The van der Waals surface area contributed by atoms with E-state index in [1.807, 2.05) is 12.1 Å². The number of aromatic nitrogens is 4. The normalized spacial score (nSPS) is 20.7. The summed E-state index contributed by atoms with van der Waals surface area (Å²) in [6.07, 6.45) is 3.72. The SMILES string of the molecule is O=[N+]([O-])C1(c2ncc3nc[nH]c3n2)NCCc2ccccc21. The van der Waals surface area contributed by atoms with Crippen molar-refractivity contribution in [3.8, 4) is 0 Å². The van der Waals surface area contributed by atoms with E-state index >= 15 is 0 Å². The van der Waals surface area contributed by atoms with Crippen LogP contribution in [0.2, 0.25) is 0 Å². The Morgan fingerprint density at radius 2 is 2.14 bits per heavy atom. The molecule has 110 valence electrons. The van der Waals surface area contributed by atoms with Crippen molar-refractivity contribution in [2.75, 3.05) is 6.54 Å². The number of nitro groups is 1. The Morgan fingerprint density at radius 3 is 3.00 bits per heavy atom. The van der Waals surface area contributed by atoms with Crippen LogP contribution in [0.15, 0.2) is 36.8 Å². The third kappa shape index (κ3) is 1.64. The Kier molecular flexibility index (Phi) is 2.67. The van der Waals surface area contributed by atoms with Crippen LogP contribution in [0, 0.1) is 10.1 Å². The largest absolute Gasteiger partial charge is 0.360 e. The molecule has 0 aliphatic carbocycles. The predicted molar refractivity (Wildman–Crippen MR) is 77.6 cm³/mol. The summed E-state index contributed by atoms with van der Waals surface area (Å²) in [7, 11) is 0. The number of benzene rings is 1. The second-order valence-corrected chi connectivity index (χ2v) is 5.13. The number of fused-ring (bicyclic) bond motifs is 2. The van der Waals surface area contributed by atoms with Crippen molar-refractivity contribution in [1.29, 1.82) is 0 Å². The predicted octanol–water partition coefficient (Wildman–Crippen LogP) is 0.976. The van der Waals surface area contributed by atoms with E-state index in [0.29, 0.717) is 23.3 Å². The lowest BCUT2D eigenvalue weighted by molar-refractivity contribution is -0.577. The highest BCUT2D eigenvalue weighted by molar-refractivity contribution is 5.68. The van der Waals surface area contributed by atoms with Crippen LogP contribution in [-0.2, 0) is 12.1 Å². The van der Waals surface area contributed by atoms with E-state index in [1.165, 1.54) is 12.5 Å². The summed E-state index contributed by atoms with van der Waals surface area (Å²) < 4.78 is 0. The second-order valence-electron chi connectivity index (χ2n) is 5.13. The number of nitrogens with one attached hydrogen (secondary N) is 2. The number of nitrogens with zero attached hydrogens (tertiary/aromatic N) is 4. The first-order valence-corrected chi connectivity index (χ1v) is 6.86. The molecule has 1 aliphatic heterocycles. The molecule has 0 fully saturated rings. The maximum absolute atomic E-state index is 12.0. The van der Waals surface area contributed by atoms with Crippen molar-refractivity contribution in [3.05, 3.63) is 63.9 Å². The average Bonchev–Trinajstić information content (AvgIpc) is 3.01. The molecule has 2 aromatic heterocycles. The van der Waals surface area contributed by atoms with Gasteiger partial charge in [-0.2, -0.15) is 0 Å². The zero-order valence-corrected chi connectivity index (χ0v) is 11.5. The Bertz CT molecular complexity index is 876. The van der Waals surface area contributed by atoms with Gasteiger partial charge in [-0.3, -0.25) is 10.1 Å². The van der Waals surface area contributed by atoms with E-state index in [0.717, 1.165) is 12.0 Å². The van der Waals surface area contributed by atoms with Crippen molar-refractivity contribution in [3.63, 3.8) is 0 Å². The molecular formula is C14H12N6O2. The third-order valence-electron chi connectivity index (χ3n) is 3.95. The lowest BCUT2D eigenvalue weighted by Gasteiger charge is -2.30. The molecule has 2 N–H and O–H groups in total. The topological polar surface area (TPSA) is 110 Å². The van der Waals surface area contributed by atoms with E-state index in [2.05, 4.69) is 25.3 Å². The van der Waals surface area contributed by atoms with Crippen LogP contribution in [0.1, 0.15) is 17.0 Å². The van der Waals surface area contributed by atoms with Crippen LogP contribution in [-0.4, -0.2) is 31.4 Å². The van der Waals surface area contributed by atoms with Crippen LogP contribution in [0.3, 0.4) is 0 Å². The van der Waals surface area contributed by atoms with E-state index in [4.69, 9.17) is 0 Å². The maximum Gasteiger partial charge on any atom is 0.360 e. The van der Waals surface area contributed by atoms with Gasteiger partial charge in [-0.1, -0.05) is 18.2 Å². The van der Waals surface area contributed by atoms with Crippen LogP contribution in [0.4, 0.5) is 0 Å². The minimum atomic E-state index is -1.63. The average molecular weight is 296 g/mol. The number of hydrogen-bond acceptors (Lipinski definition) is 6. The quantitative estimate of drug-likeness (QED) is 0.539. The molecule has 22 heavy (non-hydrogen) atoms. The minimum Gasteiger partial charge on any atom is -0.329 e. The first-order valence-electron chi connectivity index (χ1n) is 6.86. The standard InChI is InChI=1S/C14H12N6O2/c21-20(22)14(10-4-2-1-3-9(10)5-6-18-14)13-15-7-11-12(19-13)17-8-16-11/h1-4,7-8,18H,5-6H2,(H,15,16,17,19). The van der Waals surface area contributed by atoms with Crippen molar-refractivity contribution in [1.82, 2.24) is 25.3 Å². The first kappa shape index (κ1) is 12.8. The Morgan fingerprint density at radius 1 is 1.27 bits per heavy atom. The van der Waals surface area contributed by atoms with Gasteiger partial charge in [0.05, 0.1) is 23.0 Å². The van der Waals surface area contributed by atoms with Gasteiger partial charge < -0.3 is 4.98 Å². The molecule has 1 unspecified atom stereocenters. The van der Waals surface area contributed by atoms with Gasteiger partial charge >= 0.3 is 5.66 Å². The van der Waals surface area contributed by atoms with E-state index in [1.54, 1.807) is 12.1 Å². The molecule has 1 atom stereocenters. The molecule has 0 spiro atoms. The molecule has 1 aromatic carbocycles. The zero-order chi connectivity index (χ0) is 15.2. The zero-order valence-electron chi connectivity index (χ0n) is 11.5. The molecule has 8 nitrogen and oxygen atoms in total. The fourth-order valence-electron chi connectivity index (χ4n) is 2.92. The van der Waals surface area contributed by atoms with Crippen molar-refractivity contribution in [2.45, 2.75) is 12.1 Å². The summed E-state index contributed by atoms with van der Waals surface area (Å²) in [5.74, 6) is 0.112. The van der Waals surface area contributed by atoms with Crippen molar-refractivity contribution in [2.24, 2.45) is 0 Å². The summed E-state index contributed by atoms with van der Waals surface area (Å²) in [6, 6.07) is 7.33. The fraction of sp³-hybridized carbons (Fsp3) is 0.214. The molecule has 0 radical (unpaired) electrons. The van der Waals surface area contributed by atoms with Crippen LogP contribution in [0.5, 0.6) is 0 Å². The van der Waals surface area contributed by atoms with Gasteiger partial charge in [-0.25, -0.2) is 20.3 Å². The number of rotatable bonds is 2. The molecule has 0 bridgehead atoms. The fourth-order valence-corrected chi connectivity index (χ4v) is 2.92. The van der Waals surface area contributed by atoms with Gasteiger partial charge in [0.1, 0.15) is 5.52 Å². The lowest BCUT2D eigenvalue weighted by Crippen LogP contribution is -2.54. The minimum absolute atomic E-state index is 0.112. The summed E-state index contributed by atoms with van der Waals surface area (Å²) >= 11 is 0. The maximum atomic E-state index is 12.0. The van der Waals surface area contributed by atoms with Crippen molar-refractivity contribution < 1.29 is 4.92 Å². The van der Waals surface area contributed by atoms with E-state index in [-0.39, 0.29) is 10.7 Å². The van der Waals surface area contributed by atoms with Crippen LogP contribution in [0.25, 0.3) is 11.2 Å². The number of hydrogen-bond donors (Lipinski definition) is 2. The number of H-pyrrole nitrogens is 1. The molecule has 3 aromatic rings. The molecular weight excluding hydrogens is 284 g/mol. The Balaban J connectivity index is 2.00. The number of aromatic amines is 1. The third-order valence-corrected chi connectivity index (χ3v) is 3.95. The molecule has 4 rings (SSSR count). The summed E-state index contributed by atoms with van der Waals surface area (Å²) in [6.45, 7) is 0.488. The lowest BCUT2D eigenvalue weighted by atomic mass is 9.88. The highest BCUT2D eigenvalue weighted by Crippen LogP contribution is 2.33. The van der Waals surface area contributed by atoms with Crippen LogP contribution < -0.4 is 5.32 Å². The summed E-state index contributed by atoms with van der Waals surface area (Å²) in [4.78, 5) is 27.0. The summed E-state index contributed by atoms with van der Waals surface area (Å²) in [5, 5.41) is 15.0. The Labute approximate surface area is 124 Å². The van der Waals surface area contributed by atoms with Crippen LogP contribution >= 0.6 is 0 Å². The van der Waals surface area contributed by atoms with E-state index in [9.17, 15) is 10.1 Å². The molecule has 0 amide bonds. The highest BCUT2D eigenvalue weighted by Gasteiger charge is 2.52. The molecule has 8 heteroatoms. The molecule has 0 saturated heterocycles. The highest BCUT2D eigenvalue weighted by atomic mass is 16.6. The molecule has 1 aliphatic rings.